The molecule has 0 heterocycles. The van der Waals surface area contributed by atoms with E-state index in [-0.39, 0.29) is 28.8 Å². The van der Waals surface area contributed by atoms with Gasteiger partial charge in [-0.15, -0.1) is 11.6 Å². The van der Waals surface area contributed by atoms with Crippen molar-refractivity contribution in [3.8, 4) is 0 Å². The van der Waals surface area contributed by atoms with Crippen molar-refractivity contribution >= 4 is 23.2 Å². The van der Waals surface area contributed by atoms with Crippen molar-refractivity contribution in [2.75, 3.05) is 12.5 Å². The number of ether oxygens (including phenoxy) is 1. The number of halogens is 1. The minimum absolute atomic E-state index is 0.00724. The summed E-state index contributed by atoms with van der Waals surface area (Å²) in [7, 11) is 0. The highest BCUT2D eigenvalue weighted by Crippen LogP contribution is 2.68. The lowest BCUT2D eigenvalue weighted by Crippen LogP contribution is -2.62. The Morgan fingerprint density at radius 1 is 1.23 bits per heavy atom. The molecule has 4 rings (SSSR count). The van der Waals surface area contributed by atoms with Crippen molar-refractivity contribution in [1.29, 1.82) is 0 Å². The lowest BCUT2D eigenvalue weighted by Gasteiger charge is -2.61. The number of ketones is 2. The van der Waals surface area contributed by atoms with Crippen LogP contribution in [-0.4, -0.2) is 40.9 Å². The van der Waals surface area contributed by atoms with Crippen LogP contribution in [0.15, 0.2) is 11.6 Å². The quantitative estimate of drug-likeness (QED) is 0.425. The molecule has 0 aliphatic heterocycles. The fourth-order valence-corrected chi connectivity index (χ4v) is 8.37. The van der Waals surface area contributed by atoms with E-state index in [2.05, 4.69) is 20.8 Å². The summed E-state index contributed by atoms with van der Waals surface area (Å²) in [5, 5.41) is 11.6. The molecule has 1 unspecified atom stereocenters. The number of carbonyl (C=O) groups is 2. The van der Waals surface area contributed by atoms with Gasteiger partial charge < -0.3 is 9.84 Å². The molecule has 7 atom stereocenters. The van der Waals surface area contributed by atoms with Crippen molar-refractivity contribution in [3.05, 3.63) is 11.6 Å². The van der Waals surface area contributed by atoms with Gasteiger partial charge in [-0.3, -0.25) is 9.59 Å². The van der Waals surface area contributed by atoms with E-state index < -0.39 is 17.1 Å². The minimum atomic E-state index is -0.876. The first-order valence-electron chi connectivity index (χ1n) is 12.4. The van der Waals surface area contributed by atoms with Crippen LogP contribution in [0, 0.1) is 28.6 Å². The second-order valence-corrected chi connectivity index (χ2v) is 11.3. The zero-order valence-corrected chi connectivity index (χ0v) is 20.2. The van der Waals surface area contributed by atoms with Crippen molar-refractivity contribution in [1.82, 2.24) is 0 Å². The topological polar surface area (TPSA) is 63.6 Å². The van der Waals surface area contributed by atoms with Crippen molar-refractivity contribution < 1.29 is 19.4 Å². The number of fused-ring (bicyclic) bond motifs is 5. The predicted octanol–water partition coefficient (Wildman–Crippen LogP) is 5.24. The third kappa shape index (κ3) is 3.47. The Hall–Kier alpha value is -0.710. The molecule has 0 saturated heterocycles. The van der Waals surface area contributed by atoms with Gasteiger partial charge in [0.25, 0.3) is 0 Å². The second-order valence-electron chi connectivity index (χ2n) is 11.1. The molecular formula is C26H39ClO4. The average Bonchev–Trinajstić information content (AvgIpc) is 3.03. The molecule has 4 nitrogen and oxygen atoms in total. The maximum absolute atomic E-state index is 13.3. The van der Waals surface area contributed by atoms with Crippen LogP contribution in [0.1, 0.15) is 85.0 Å². The Labute approximate surface area is 192 Å². The highest BCUT2D eigenvalue weighted by molar-refractivity contribution is 6.29. The zero-order chi connectivity index (χ0) is 22.4. The third-order valence-electron chi connectivity index (χ3n) is 9.68. The largest absolute Gasteiger partial charge is 0.393 e. The normalized spacial score (nSPS) is 44.3. The van der Waals surface area contributed by atoms with E-state index in [4.69, 9.17) is 16.3 Å². The maximum Gasteiger partial charge on any atom is 0.179 e. The molecule has 0 aromatic carbocycles. The summed E-state index contributed by atoms with van der Waals surface area (Å²) >= 11 is 6.12. The number of hydrogen-bond donors (Lipinski definition) is 1. The maximum atomic E-state index is 13.3. The summed E-state index contributed by atoms with van der Waals surface area (Å²) in [4.78, 5) is 25.3. The van der Waals surface area contributed by atoms with E-state index in [1.165, 1.54) is 5.57 Å². The molecule has 0 spiro atoms. The number of aliphatic hydroxyl groups excluding tert-OH is 1. The van der Waals surface area contributed by atoms with Gasteiger partial charge in [0.15, 0.2) is 11.6 Å². The summed E-state index contributed by atoms with van der Waals surface area (Å²) in [5.74, 6) is 1.04. The summed E-state index contributed by atoms with van der Waals surface area (Å²) in [6.07, 6.45) is 10.1. The monoisotopic (exact) mass is 450 g/mol. The molecule has 31 heavy (non-hydrogen) atoms. The number of aliphatic hydroxyl groups is 1. The zero-order valence-electron chi connectivity index (χ0n) is 19.4. The third-order valence-corrected chi connectivity index (χ3v) is 9.93. The van der Waals surface area contributed by atoms with Crippen LogP contribution < -0.4 is 0 Å². The summed E-state index contributed by atoms with van der Waals surface area (Å²) < 4.78 is 6.49. The molecule has 4 aliphatic rings. The summed E-state index contributed by atoms with van der Waals surface area (Å²) in [6, 6.07) is 0. The van der Waals surface area contributed by atoms with Crippen LogP contribution in [0.4, 0.5) is 0 Å². The Kier molecular flexibility index (Phi) is 6.48. The van der Waals surface area contributed by atoms with Crippen molar-refractivity contribution in [3.63, 3.8) is 0 Å². The first kappa shape index (κ1) is 23.4. The molecule has 3 saturated carbocycles. The highest BCUT2D eigenvalue weighted by Gasteiger charge is 2.69. The number of carbonyl (C=O) groups excluding carboxylic acids is 2. The Bertz CT molecular complexity index is 763. The van der Waals surface area contributed by atoms with Crippen LogP contribution in [-0.2, 0) is 14.3 Å². The molecular weight excluding hydrogens is 412 g/mol. The molecule has 1 N–H and O–H groups in total. The standard InChI is InChI=1S/C26H39ClO4/c1-4-5-6-13-31-26(22(30)16-27)12-10-20-19-8-7-17-14-18(28)9-11-24(17,2)23(19)21(29)15-25(20,26)3/h14,19-21,23,29H,4-13,15-16H2,1-3H3/t19-,20-,21?,23+,24-,25-,26-/m0/s1. The van der Waals surface area contributed by atoms with Gasteiger partial charge in [-0.2, -0.15) is 0 Å². The fraction of sp³-hybridized carbons (Fsp3) is 0.846. The molecule has 0 amide bonds. The predicted molar refractivity (Wildman–Crippen MR) is 122 cm³/mol. The molecule has 0 radical (unpaired) electrons. The van der Waals surface area contributed by atoms with Crippen LogP contribution >= 0.6 is 11.6 Å². The molecule has 3 fully saturated rings. The lowest BCUT2D eigenvalue weighted by atomic mass is 9.45. The average molecular weight is 451 g/mol. The van der Waals surface area contributed by atoms with Gasteiger partial charge in [0, 0.05) is 18.4 Å². The molecule has 5 heteroatoms. The van der Waals surface area contributed by atoms with E-state index >= 15 is 0 Å². The first-order chi connectivity index (χ1) is 14.7. The van der Waals surface area contributed by atoms with Gasteiger partial charge in [-0.25, -0.2) is 0 Å². The number of allylic oxidation sites excluding steroid dienone is 1. The SMILES string of the molecule is CCCCCO[C@]1(C(=O)CCl)CC[C@H]2[C@@H]3CCC4=CC(=O)CC[C@]4(C)[C@H]3C(O)C[C@@]21C. The van der Waals surface area contributed by atoms with Gasteiger partial charge in [0.05, 0.1) is 12.0 Å². The van der Waals surface area contributed by atoms with Gasteiger partial charge in [-0.05, 0) is 74.2 Å². The molecule has 0 aromatic heterocycles. The number of rotatable bonds is 7. The number of hydrogen-bond acceptors (Lipinski definition) is 4. The van der Waals surface area contributed by atoms with Crippen molar-refractivity contribution in [2.24, 2.45) is 28.6 Å². The summed E-state index contributed by atoms with van der Waals surface area (Å²) in [5.41, 5.74) is -0.141. The van der Waals surface area contributed by atoms with Crippen molar-refractivity contribution in [2.45, 2.75) is 96.7 Å². The van der Waals surface area contributed by atoms with Gasteiger partial charge in [0.2, 0.25) is 0 Å². The van der Waals surface area contributed by atoms with E-state index in [0.29, 0.717) is 37.7 Å². The Morgan fingerprint density at radius 2 is 2.00 bits per heavy atom. The van der Waals surface area contributed by atoms with E-state index in [0.717, 1.165) is 44.9 Å². The fourth-order valence-electron chi connectivity index (χ4n) is 8.16. The van der Waals surface area contributed by atoms with Crippen LogP contribution in [0.2, 0.25) is 0 Å². The number of alkyl halides is 1. The number of unbranched alkanes of at least 4 members (excludes halogenated alkanes) is 2. The van der Waals surface area contributed by atoms with E-state index in [1.54, 1.807) is 0 Å². The van der Waals surface area contributed by atoms with E-state index in [9.17, 15) is 14.7 Å². The summed E-state index contributed by atoms with van der Waals surface area (Å²) in [6.45, 7) is 7.19. The Morgan fingerprint density at radius 3 is 2.71 bits per heavy atom. The van der Waals surface area contributed by atoms with Gasteiger partial charge >= 0.3 is 0 Å². The highest BCUT2D eigenvalue weighted by atomic mass is 35.5. The first-order valence-corrected chi connectivity index (χ1v) is 12.9. The van der Waals surface area contributed by atoms with Gasteiger partial charge in [-0.1, -0.05) is 39.2 Å². The van der Waals surface area contributed by atoms with Crippen LogP contribution in [0.3, 0.4) is 0 Å². The second kappa shape index (κ2) is 8.57. The molecule has 174 valence electrons. The Balaban J connectivity index is 1.67. The van der Waals surface area contributed by atoms with Gasteiger partial charge in [0.1, 0.15) is 5.60 Å². The smallest absolute Gasteiger partial charge is 0.179 e. The minimum Gasteiger partial charge on any atom is -0.393 e. The van der Waals surface area contributed by atoms with E-state index in [1.807, 2.05) is 6.08 Å². The lowest BCUT2D eigenvalue weighted by molar-refractivity contribution is -0.193. The van der Waals surface area contributed by atoms with Crippen LogP contribution in [0.25, 0.3) is 0 Å². The molecule has 0 aromatic rings. The molecule has 0 bridgehead atoms. The van der Waals surface area contributed by atoms with Crippen LogP contribution in [0.5, 0.6) is 0 Å². The molecule has 4 aliphatic carbocycles. The number of Topliss-reactive ketones (excluding diaryl/α,β-unsaturated/α-hetero) is 1.